The molecule has 0 saturated carbocycles. The van der Waals surface area contributed by atoms with Gasteiger partial charge in [-0.3, -0.25) is 14.6 Å². The molecule has 1 unspecified atom stereocenters. The van der Waals surface area contributed by atoms with E-state index in [1.807, 2.05) is 36.5 Å². The van der Waals surface area contributed by atoms with E-state index in [0.29, 0.717) is 12.0 Å². The first-order chi connectivity index (χ1) is 9.81. The average Bonchev–Trinajstić information content (AvgIpc) is 2.91. The Kier molecular flexibility index (Phi) is 2.77. The molecule has 5 rings (SSSR count). The summed E-state index contributed by atoms with van der Waals surface area (Å²) >= 11 is 0. The van der Waals surface area contributed by atoms with Crippen molar-refractivity contribution >= 4 is 0 Å². The lowest BCUT2D eigenvalue weighted by molar-refractivity contribution is 0.0511. The van der Waals surface area contributed by atoms with Crippen LogP contribution >= 0.6 is 0 Å². The Balaban J connectivity index is 1.69. The van der Waals surface area contributed by atoms with E-state index >= 15 is 0 Å². The predicted octanol–water partition coefficient (Wildman–Crippen LogP) is 2.11. The third-order valence-corrected chi connectivity index (χ3v) is 4.81. The fraction of sp³-hybridized carbons (Fsp3) is 0.438. The quantitative estimate of drug-likeness (QED) is 0.907. The lowest BCUT2D eigenvalue weighted by atomic mass is 9.84. The van der Waals surface area contributed by atoms with Crippen molar-refractivity contribution in [2.45, 2.75) is 18.9 Å². The summed E-state index contributed by atoms with van der Waals surface area (Å²) in [7, 11) is 0. The van der Waals surface area contributed by atoms with E-state index in [9.17, 15) is 4.79 Å². The minimum Gasteiger partial charge on any atom is -0.301 e. The van der Waals surface area contributed by atoms with E-state index in [2.05, 4.69) is 14.7 Å². The summed E-state index contributed by atoms with van der Waals surface area (Å²) < 4.78 is 2.06. The second-order valence-corrected chi connectivity index (χ2v) is 5.96. The maximum Gasteiger partial charge on any atom is 0.271 e. The molecule has 3 aliphatic heterocycles. The van der Waals surface area contributed by atoms with Crippen molar-refractivity contribution in [1.29, 1.82) is 0 Å². The van der Waals surface area contributed by atoms with Gasteiger partial charge in [-0.1, -0.05) is 30.3 Å². The number of benzene rings is 1. The number of aromatic amines is 1. The molecule has 2 aromatic rings. The van der Waals surface area contributed by atoms with Gasteiger partial charge in [0.25, 0.3) is 5.56 Å². The highest BCUT2D eigenvalue weighted by Crippen LogP contribution is 2.35. The van der Waals surface area contributed by atoms with E-state index in [4.69, 9.17) is 0 Å². The van der Waals surface area contributed by atoms with Gasteiger partial charge in [-0.05, 0) is 37.4 Å². The molecule has 0 spiro atoms. The molecule has 1 aromatic carbocycles. The molecular formula is C16H19N3O. The number of piperidine rings is 3. The first kappa shape index (κ1) is 12.0. The maximum atomic E-state index is 12.2. The molecular weight excluding hydrogens is 250 g/mol. The molecule has 1 N–H and O–H groups in total. The first-order valence-corrected chi connectivity index (χ1v) is 7.40. The maximum absolute atomic E-state index is 12.2. The van der Waals surface area contributed by atoms with Gasteiger partial charge in [0.05, 0.1) is 11.6 Å². The smallest absolute Gasteiger partial charge is 0.271 e. The molecule has 0 aliphatic carbocycles. The summed E-state index contributed by atoms with van der Waals surface area (Å²) in [5.41, 5.74) is 1.79. The van der Waals surface area contributed by atoms with Crippen LogP contribution in [0.25, 0.3) is 11.1 Å². The van der Waals surface area contributed by atoms with Gasteiger partial charge in [0.1, 0.15) is 0 Å². The molecule has 3 aliphatic rings. The minimum atomic E-state index is 0.0210. The van der Waals surface area contributed by atoms with Gasteiger partial charge in [0, 0.05) is 12.7 Å². The minimum absolute atomic E-state index is 0.0210. The average molecular weight is 269 g/mol. The molecule has 4 heteroatoms. The van der Waals surface area contributed by atoms with Crippen LogP contribution < -0.4 is 5.56 Å². The van der Waals surface area contributed by atoms with E-state index in [1.54, 1.807) is 0 Å². The van der Waals surface area contributed by atoms with E-state index in [-0.39, 0.29) is 5.56 Å². The van der Waals surface area contributed by atoms with Crippen molar-refractivity contribution in [3.8, 4) is 11.1 Å². The van der Waals surface area contributed by atoms with Gasteiger partial charge in [-0.25, -0.2) is 0 Å². The number of hydrogen-bond donors (Lipinski definition) is 1. The normalized spacial score (nSPS) is 28.7. The molecule has 20 heavy (non-hydrogen) atoms. The first-order valence-electron chi connectivity index (χ1n) is 7.40. The van der Waals surface area contributed by atoms with Gasteiger partial charge in [0.15, 0.2) is 0 Å². The second kappa shape index (κ2) is 4.63. The van der Waals surface area contributed by atoms with Gasteiger partial charge >= 0.3 is 0 Å². The van der Waals surface area contributed by atoms with Gasteiger partial charge in [-0.2, -0.15) is 0 Å². The summed E-state index contributed by atoms with van der Waals surface area (Å²) in [6.07, 6.45) is 4.52. The molecule has 0 amide bonds. The van der Waals surface area contributed by atoms with Gasteiger partial charge in [-0.15, -0.1) is 0 Å². The molecule has 4 nitrogen and oxygen atoms in total. The summed E-state index contributed by atoms with van der Waals surface area (Å²) in [5, 5.41) is 3.03. The number of H-pyrrole nitrogens is 1. The van der Waals surface area contributed by atoms with Crippen LogP contribution in [-0.2, 0) is 0 Å². The van der Waals surface area contributed by atoms with Crippen LogP contribution in [0, 0.1) is 5.92 Å². The lowest BCUT2D eigenvalue weighted by Crippen LogP contribution is -2.48. The van der Waals surface area contributed by atoms with Crippen LogP contribution in [0.2, 0.25) is 0 Å². The third kappa shape index (κ3) is 1.91. The van der Waals surface area contributed by atoms with Crippen molar-refractivity contribution < 1.29 is 0 Å². The zero-order valence-corrected chi connectivity index (χ0v) is 11.5. The molecule has 2 bridgehead atoms. The molecule has 3 saturated heterocycles. The fourth-order valence-corrected chi connectivity index (χ4v) is 3.66. The zero-order chi connectivity index (χ0) is 13.5. The Hall–Kier alpha value is -1.81. The van der Waals surface area contributed by atoms with Crippen LogP contribution in [0.1, 0.15) is 18.9 Å². The molecule has 3 fully saturated rings. The second-order valence-electron chi connectivity index (χ2n) is 5.96. The van der Waals surface area contributed by atoms with Crippen LogP contribution in [0.3, 0.4) is 0 Å². The largest absolute Gasteiger partial charge is 0.301 e. The van der Waals surface area contributed by atoms with Crippen LogP contribution in [0.15, 0.2) is 41.3 Å². The number of hydrogen-bond acceptors (Lipinski definition) is 2. The number of nitrogens with zero attached hydrogens (tertiary/aromatic N) is 2. The fourth-order valence-electron chi connectivity index (χ4n) is 3.66. The number of fused-ring (bicyclic) bond motifs is 3. The van der Waals surface area contributed by atoms with Crippen LogP contribution in [0.5, 0.6) is 0 Å². The Bertz CT molecular complexity index is 650. The predicted molar refractivity (Wildman–Crippen MR) is 78.7 cm³/mol. The third-order valence-electron chi connectivity index (χ3n) is 4.81. The van der Waals surface area contributed by atoms with Crippen molar-refractivity contribution in [1.82, 2.24) is 14.7 Å². The SMILES string of the molecule is O=c1[nH]n(C2CN3CCC2CC3)cc1-c1ccccc1. The summed E-state index contributed by atoms with van der Waals surface area (Å²) in [4.78, 5) is 14.7. The molecule has 104 valence electrons. The Morgan fingerprint density at radius 1 is 1.10 bits per heavy atom. The van der Waals surface area contributed by atoms with E-state index in [1.165, 1.54) is 25.9 Å². The van der Waals surface area contributed by atoms with Crippen molar-refractivity contribution in [2.75, 3.05) is 19.6 Å². The Morgan fingerprint density at radius 3 is 2.50 bits per heavy atom. The van der Waals surface area contributed by atoms with Crippen molar-refractivity contribution in [3.05, 3.63) is 46.9 Å². The Labute approximate surface area is 118 Å². The van der Waals surface area contributed by atoms with Crippen molar-refractivity contribution in [2.24, 2.45) is 5.92 Å². The van der Waals surface area contributed by atoms with Gasteiger partial charge < -0.3 is 4.90 Å². The molecule has 4 heterocycles. The number of rotatable bonds is 2. The summed E-state index contributed by atoms with van der Waals surface area (Å²) in [5.74, 6) is 0.715. The summed E-state index contributed by atoms with van der Waals surface area (Å²) in [6, 6.07) is 10.3. The number of nitrogens with one attached hydrogen (secondary N) is 1. The van der Waals surface area contributed by atoms with Crippen LogP contribution in [-0.4, -0.2) is 34.3 Å². The van der Waals surface area contributed by atoms with E-state index < -0.39 is 0 Å². The number of aromatic nitrogens is 2. The zero-order valence-electron chi connectivity index (χ0n) is 11.5. The standard InChI is InChI=1S/C16H19N3O/c20-16-14(12-4-2-1-3-5-12)10-19(17-16)15-11-18-8-6-13(15)7-9-18/h1-5,10,13,15H,6-9,11H2,(H,17,20). The van der Waals surface area contributed by atoms with Gasteiger partial charge in [0.2, 0.25) is 0 Å². The molecule has 1 aromatic heterocycles. The highest BCUT2D eigenvalue weighted by molar-refractivity contribution is 5.61. The highest BCUT2D eigenvalue weighted by Gasteiger charge is 2.35. The highest BCUT2D eigenvalue weighted by atomic mass is 16.1. The topological polar surface area (TPSA) is 41.0 Å². The Morgan fingerprint density at radius 2 is 1.85 bits per heavy atom. The van der Waals surface area contributed by atoms with Crippen LogP contribution in [0.4, 0.5) is 0 Å². The monoisotopic (exact) mass is 269 g/mol. The van der Waals surface area contributed by atoms with Crippen molar-refractivity contribution in [3.63, 3.8) is 0 Å². The molecule has 0 radical (unpaired) electrons. The summed E-state index contributed by atoms with van der Waals surface area (Å²) in [6.45, 7) is 3.51. The van der Waals surface area contributed by atoms with E-state index in [0.717, 1.165) is 17.7 Å². The lowest BCUT2D eigenvalue weighted by Gasteiger charge is -2.44. The molecule has 1 atom stereocenters.